The molecular weight excluding hydrogens is 622 g/mol. The van der Waals surface area contributed by atoms with Gasteiger partial charge in [0.25, 0.3) is 11.8 Å². The summed E-state index contributed by atoms with van der Waals surface area (Å²) in [6.07, 6.45) is -9.57. The SMILES string of the molecule is Cc1cc(COc2ccc(C(=O)N[C@@H]3CCN[C@H]3C(=O)NO)cc2)c2ccccc2n1.O=C(O)C(F)(F)F.O=C(O)C(F)(F)F. The number of nitrogens with one attached hydrogen (secondary N) is 3. The lowest BCUT2D eigenvalue weighted by Crippen LogP contribution is -2.51. The van der Waals surface area contributed by atoms with Crippen molar-refractivity contribution < 1.29 is 65.7 Å². The molecule has 0 radical (unpaired) electrons. The van der Waals surface area contributed by atoms with Gasteiger partial charge in [-0.05, 0) is 56.3 Å². The molecule has 244 valence electrons. The smallest absolute Gasteiger partial charge is 0.489 e. The van der Waals surface area contributed by atoms with Crippen LogP contribution >= 0.6 is 0 Å². The Morgan fingerprint density at radius 3 is 2.04 bits per heavy atom. The maximum Gasteiger partial charge on any atom is 0.490 e. The quantitative estimate of drug-likeness (QED) is 0.132. The number of benzene rings is 2. The van der Waals surface area contributed by atoms with Crippen molar-refractivity contribution in [1.29, 1.82) is 0 Å². The number of hydrogen-bond donors (Lipinski definition) is 6. The Balaban J connectivity index is 0.000000421. The minimum absolute atomic E-state index is 0.285. The van der Waals surface area contributed by atoms with Crippen molar-refractivity contribution in [3.05, 3.63) is 71.4 Å². The summed E-state index contributed by atoms with van der Waals surface area (Å²) in [6.45, 7) is 2.93. The average Bonchev–Trinajstić information content (AvgIpc) is 3.43. The Hall–Kier alpha value is -4.97. The highest BCUT2D eigenvalue weighted by molar-refractivity contribution is 5.95. The number of para-hydroxylation sites is 1. The van der Waals surface area contributed by atoms with E-state index in [4.69, 9.17) is 29.7 Å². The molecule has 0 unspecified atom stereocenters. The molecule has 2 amide bonds. The van der Waals surface area contributed by atoms with Crippen molar-refractivity contribution in [2.45, 2.75) is 44.4 Å². The fraction of sp³-hybridized carbons (Fsp3) is 0.296. The molecule has 0 aliphatic carbocycles. The molecule has 1 aromatic heterocycles. The fourth-order valence-corrected chi connectivity index (χ4v) is 3.83. The van der Waals surface area contributed by atoms with Gasteiger partial charge >= 0.3 is 24.3 Å². The zero-order valence-electron chi connectivity index (χ0n) is 23.1. The monoisotopic (exact) mass is 648 g/mol. The number of aliphatic carboxylic acids is 2. The normalized spacial score (nSPS) is 15.9. The highest BCUT2D eigenvalue weighted by Crippen LogP contribution is 2.21. The summed E-state index contributed by atoms with van der Waals surface area (Å²) in [5, 5.41) is 29.9. The van der Waals surface area contributed by atoms with Crippen LogP contribution in [0.25, 0.3) is 10.9 Å². The number of carbonyl (C=O) groups excluding carboxylic acids is 2. The third-order valence-corrected chi connectivity index (χ3v) is 5.86. The number of halogens is 6. The van der Waals surface area contributed by atoms with E-state index in [0.29, 0.717) is 30.9 Å². The molecule has 12 nitrogen and oxygen atoms in total. The van der Waals surface area contributed by atoms with E-state index in [-0.39, 0.29) is 5.91 Å². The lowest BCUT2D eigenvalue weighted by atomic mass is 10.1. The molecule has 1 saturated heterocycles. The van der Waals surface area contributed by atoms with E-state index in [2.05, 4.69) is 15.6 Å². The van der Waals surface area contributed by atoms with Gasteiger partial charge in [-0.25, -0.2) is 15.1 Å². The van der Waals surface area contributed by atoms with Gasteiger partial charge in [0.15, 0.2) is 0 Å². The summed E-state index contributed by atoms with van der Waals surface area (Å²) in [5.41, 5.74) is 5.00. The Bertz CT molecular complexity index is 1480. The van der Waals surface area contributed by atoms with E-state index in [0.717, 1.165) is 22.2 Å². The molecule has 0 spiro atoms. The van der Waals surface area contributed by atoms with Gasteiger partial charge in [-0.2, -0.15) is 26.3 Å². The van der Waals surface area contributed by atoms with Crippen molar-refractivity contribution >= 4 is 34.7 Å². The summed E-state index contributed by atoms with van der Waals surface area (Å²) >= 11 is 0. The number of alkyl halides is 6. The standard InChI is InChI=1S/C23H24N4O4.2C2HF3O2/c1-14-12-16(18-4-2-3-5-19(18)25-14)13-31-17-8-6-15(7-9-17)22(28)26-20-10-11-24-21(20)23(29)27-30;2*3-2(4,5)1(6)7/h2-9,12,20-21,24,30H,10-11,13H2,1H3,(H,26,28)(H,27,29);2*(H,6,7)/t20-,21-;;/m1../s1. The number of carbonyl (C=O) groups is 4. The molecule has 2 atom stereocenters. The number of carboxylic acids is 2. The zero-order valence-corrected chi connectivity index (χ0v) is 23.1. The number of pyridine rings is 1. The topological polar surface area (TPSA) is 187 Å². The average molecular weight is 649 g/mol. The van der Waals surface area contributed by atoms with E-state index in [1.165, 1.54) is 0 Å². The van der Waals surface area contributed by atoms with E-state index in [9.17, 15) is 35.9 Å². The fourth-order valence-electron chi connectivity index (χ4n) is 3.83. The minimum atomic E-state index is -5.08. The van der Waals surface area contributed by atoms with Gasteiger partial charge in [0, 0.05) is 22.2 Å². The third-order valence-electron chi connectivity index (χ3n) is 5.86. The maximum absolute atomic E-state index is 12.6. The molecule has 4 rings (SSSR count). The van der Waals surface area contributed by atoms with Crippen molar-refractivity contribution in [1.82, 2.24) is 21.1 Å². The highest BCUT2D eigenvalue weighted by atomic mass is 19.4. The molecule has 0 saturated carbocycles. The van der Waals surface area contributed by atoms with Gasteiger partial charge in [0.2, 0.25) is 0 Å². The minimum Gasteiger partial charge on any atom is -0.489 e. The second kappa shape index (κ2) is 15.7. The lowest BCUT2D eigenvalue weighted by Gasteiger charge is -2.19. The van der Waals surface area contributed by atoms with Crippen LogP contribution in [-0.4, -0.2) is 75.1 Å². The first-order valence-electron chi connectivity index (χ1n) is 12.6. The zero-order chi connectivity index (χ0) is 33.9. The molecular formula is C27H26F6N4O8. The van der Waals surface area contributed by atoms with Crippen molar-refractivity contribution in [3.8, 4) is 5.75 Å². The largest absolute Gasteiger partial charge is 0.490 e. The Kier molecular flexibility index (Phi) is 12.6. The van der Waals surface area contributed by atoms with Crippen LogP contribution in [0.2, 0.25) is 0 Å². The first-order valence-corrected chi connectivity index (χ1v) is 12.6. The molecule has 18 heteroatoms. The van der Waals surface area contributed by atoms with Gasteiger partial charge in [-0.3, -0.25) is 19.8 Å². The number of amides is 2. The highest BCUT2D eigenvalue weighted by Gasteiger charge is 2.39. The summed E-state index contributed by atoms with van der Waals surface area (Å²) in [5.74, 6) is -5.72. The second-order valence-electron chi connectivity index (χ2n) is 9.14. The summed E-state index contributed by atoms with van der Waals surface area (Å²) < 4.78 is 69.4. The summed E-state index contributed by atoms with van der Waals surface area (Å²) in [4.78, 5) is 46.6. The van der Waals surface area contributed by atoms with Crippen LogP contribution in [-0.2, 0) is 21.0 Å². The Morgan fingerprint density at radius 2 is 1.51 bits per heavy atom. The number of hydrogen-bond acceptors (Lipinski definition) is 8. The molecule has 1 fully saturated rings. The van der Waals surface area contributed by atoms with Crippen molar-refractivity contribution in [2.24, 2.45) is 0 Å². The molecule has 1 aliphatic heterocycles. The summed E-state index contributed by atoms with van der Waals surface area (Å²) in [6, 6.07) is 15.8. The number of rotatable bonds is 6. The van der Waals surface area contributed by atoms with Crippen LogP contribution in [0.3, 0.4) is 0 Å². The molecule has 1 aliphatic rings. The van der Waals surface area contributed by atoms with E-state index in [1.54, 1.807) is 29.7 Å². The number of hydroxylamine groups is 1. The van der Waals surface area contributed by atoms with Crippen LogP contribution in [0.15, 0.2) is 54.6 Å². The second-order valence-corrected chi connectivity index (χ2v) is 9.14. The number of ether oxygens (including phenoxy) is 1. The third kappa shape index (κ3) is 11.2. The van der Waals surface area contributed by atoms with Crippen LogP contribution in [0.5, 0.6) is 5.75 Å². The summed E-state index contributed by atoms with van der Waals surface area (Å²) in [7, 11) is 0. The number of fused-ring (bicyclic) bond motifs is 1. The first-order chi connectivity index (χ1) is 20.9. The van der Waals surface area contributed by atoms with Crippen molar-refractivity contribution in [3.63, 3.8) is 0 Å². The van der Waals surface area contributed by atoms with Gasteiger partial charge in [-0.1, -0.05) is 18.2 Å². The molecule has 0 bridgehead atoms. The number of aryl methyl sites for hydroxylation is 1. The number of nitrogens with zero attached hydrogens (tertiary/aromatic N) is 1. The van der Waals surface area contributed by atoms with Crippen LogP contribution in [0, 0.1) is 6.92 Å². The van der Waals surface area contributed by atoms with Gasteiger partial charge in [0.1, 0.15) is 18.4 Å². The maximum atomic E-state index is 12.6. The molecule has 45 heavy (non-hydrogen) atoms. The van der Waals surface area contributed by atoms with Gasteiger partial charge in [-0.15, -0.1) is 0 Å². The molecule has 2 heterocycles. The van der Waals surface area contributed by atoms with E-state index in [1.807, 2.05) is 37.3 Å². The molecule has 6 N–H and O–H groups in total. The van der Waals surface area contributed by atoms with Crippen LogP contribution in [0.4, 0.5) is 26.3 Å². The Labute approximate surface area is 250 Å². The Morgan fingerprint density at radius 1 is 0.956 bits per heavy atom. The van der Waals surface area contributed by atoms with Crippen LogP contribution in [0.1, 0.15) is 28.0 Å². The van der Waals surface area contributed by atoms with Gasteiger partial charge < -0.3 is 25.6 Å². The molecule has 3 aromatic rings. The number of carboxylic acid groups (broad SMARTS) is 2. The van der Waals surface area contributed by atoms with Crippen LogP contribution < -0.4 is 20.9 Å². The van der Waals surface area contributed by atoms with E-state index < -0.39 is 42.3 Å². The van der Waals surface area contributed by atoms with E-state index >= 15 is 0 Å². The first kappa shape index (κ1) is 36.2. The van der Waals surface area contributed by atoms with Crippen molar-refractivity contribution in [2.75, 3.05) is 6.54 Å². The predicted octanol–water partition coefficient (Wildman–Crippen LogP) is 3.35. The number of aromatic nitrogens is 1. The lowest BCUT2D eigenvalue weighted by molar-refractivity contribution is -0.193. The molecule has 2 aromatic carbocycles. The predicted molar refractivity (Wildman–Crippen MR) is 142 cm³/mol. The van der Waals surface area contributed by atoms with Gasteiger partial charge in [0.05, 0.1) is 11.6 Å².